The molecule has 39 heavy (non-hydrogen) atoms. The number of nitrogens with zero attached hydrogens (tertiary/aromatic N) is 3. The van der Waals surface area contributed by atoms with Gasteiger partial charge in [0.2, 0.25) is 5.91 Å². The molecule has 1 amide bonds. The van der Waals surface area contributed by atoms with E-state index in [2.05, 4.69) is 5.10 Å². The average Bonchev–Trinajstić information content (AvgIpc) is 3.59. The van der Waals surface area contributed by atoms with Crippen molar-refractivity contribution < 1.29 is 23.6 Å². The van der Waals surface area contributed by atoms with Gasteiger partial charge in [0.15, 0.2) is 5.69 Å². The summed E-state index contributed by atoms with van der Waals surface area (Å²) in [5.41, 5.74) is 8.60. The number of hydrogen-bond acceptors (Lipinski definition) is 6. The van der Waals surface area contributed by atoms with Crippen molar-refractivity contribution >= 4 is 35.1 Å². The van der Waals surface area contributed by atoms with Gasteiger partial charge in [-0.1, -0.05) is 41.8 Å². The number of halogens is 3. The van der Waals surface area contributed by atoms with Crippen LogP contribution < -0.4 is 5.73 Å². The van der Waals surface area contributed by atoms with Crippen molar-refractivity contribution in [1.82, 2.24) is 14.8 Å². The number of carbonyl (C=O) groups is 2. The maximum absolute atomic E-state index is 13.6. The van der Waals surface area contributed by atoms with Crippen molar-refractivity contribution in [3.8, 4) is 5.69 Å². The summed E-state index contributed by atoms with van der Waals surface area (Å²) >= 11 is 12.7. The van der Waals surface area contributed by atoms with Crippen LogP contribution in [-0.2, 0) is 27.4 Å². The molecule has 0 spiro atoms. The molecule has 11 heteroatoms. The van der Waals surface area contributed by atoms with E-state index in [-0.39, 0.29) is 35.9 Å². The fraction of sp³-hybridized carbons (Fsp3) is 0.393. The Bertz CT molecular complexity index is 1430. The standard InChI is InChI=1S/C28H27Cl2FN4O4/c29-18-6-9-23(22(30)11-18)35-25-17(10-15-4-7-19(31)8-5-15)13-38-14-21(25)24(33-35)28(37)39-34-12-16-2-1-3-20(16)26(34)27(32)36/h4-9,11,16-17,20,26H,1-3,10,12-14H2,(H2,32,36). The highest BCUT2D eigenvalue weighted by atomic mass is 35.5. The summed E-state index contributed by atoms with van der Waals surface area (Å²) in [4.78, 5) is 31.7. The summed E-state index contributed by atoms with van der Waals surface area (Å²) in [5, 5.41) is 6.93. The molecule has 2 N–H and O–H groups in total. The molecule has 8 nitrogen and oxygen atoms in total. The van der Waals surface area contributed by atoms with Crippen LogP contribution in [0.4, 0.5) is 4.39 Å². The van der Waals surface area contributed by atoms with Gasteiger partial charge in [-0.2, -0.15) is 5.10 Å². The summed E-state index contributed by atoms with van der Waals surface area (Å²) in [6.07, 6.45) is 3.41. The van der Waals surface area contributed by atoms with Gasteiger partial charge in [-0.15, -0.1) is 5.06 Å². The Hall–Kier alpha value is -2.98. The van der Waals surface area contributed by atoms with E-state index in [1.165, 1.54) is 17.2 Å². The van der Waals surface area contributed by atoms with Gasteiger partial charge in [0.1, 0.15) is 11.9 Å². The lowest BCUT2D eigenvalue weighted by atomic mass is 9.92. The van der Waals surface area contributed by atoms with Crippen molar-refractivity contribution in [3.05, 3.63) is 80.8 Å². The number of ether oxygens (including phenoxy) is 1. The fourth-order valence-corrected chi connectivity index (χ4v) is 6.82. The van der Waals surface area contributed by atoms with Crippen LogP contribution in [0.5, 0.6) is 0 Å². The molecule has 0 bridgehead atoms. The number of benzene rings is 2. The van der Waals surface area contributed by atoms with E-state index in [1.54, 1.807) is 35.0 Å². The van der Waals surface area contributed by atoms with E-state index < -0.39 is 17.9 Å². The van der Waals surface area contributed by atoms with E-state index in [1.807, 2.05) is 0 Å². The van der Waals surface area contributed by atoms with E-state index >= 15 is 0 Å². The molecule has 1 saturated heterocycles. The molecule has 3 aliphatic rings. The first-order valence-electron chi connectivity index (χ1n) is 13.0. The number of nitrogens with two attached hydrogens (primary N) is 1. The van der Waals surface area contributed by atoms with Crippen molar-refractivity contribution in [3.63, 3.8) is 0 Å². The average molecular weight is 573 g/mol. The number of amides is 1. The normalized spacial score (nSPS) is 24.4. The third kappa shape index (κ3) is 4.93. The largest absolute Gasteiger partial charge is 0.378 e. The lowest BCUT2D eigenvalue weighted by Crippen LogP contribution is -2.44. The summed E-state index contributed by atoms with van der Waals surface area (Å²) in [7, 11) is 0. The number of hydroxylamine groups is 2. The molecule has 1 saturated carbocycles. The molecule has 0 radical (unpaired) electrons. The third-order valence-electron chi connectivity index (χ3n) is 8.04. The van der Waals surface area contributed by atoms with Gasteiger partial charge >= 0.3 is 5.97 Å². The zero-order valence-corrected chi connectivity index (χ0v) is 22.5. The van der Waals surface area contributed by atoms with Gasteiger partial charge in [0, 0.05) is 23.0 Å². The Kier molecular flexibility index (Phi) is 7.09. The molecular formula is C28H27Cl2FN4O4. The minimum atomic E-state index is -0.688. The minimum absolute atomic E-state index is 0.0815. The summed E-state index contributed by atoms with van der Waals surface area (Å²) in [6.45, 7) is 0.976. The van der Waals surface area contributed by atoms with Crippen LogP contribution >= 0.6 is 23.2 Å². The molecule has 1 aliphatic carbocycles. The Balaban J connectivity index is 1.38. The SMILES string of the molecule is NC(=O)C1C2CCCC2CN1OC(=O)c1nn(-c2ccc(Cl)cc2Cl)c2c1COCC2Cc1ccc(F)cc1. The highest BCUT2D eigenvalue weighted by molar-refractivity contribution is 6.35. The maximum atomic E-state index is 13.6. The Morgan fingerprint density at radius 3 is 2.69 bits per heavy atom. The number of rotatable bonds is 6. The van der Waals surface area contributed by atoms with E-state index in [9.17, 15) is 14.0 Å². The first kappa shape index (κ1) is 26.3. The molecule has 3 aromatic rings. The van der Waals surface area contributed by atoms with Crippen molar-refractivity contribution in [2.75, 3.05) is 13.2 Å². The van der Waals surface area contributed by atoms with Crippen LogP contribution in [0.15, 0.2) is 42.5 Å². The molecule has 1 aromatic heterocycles. The van der Waals surface area contributed by atoms with Crippen LogP contribution in [-0.4, -0.2) is 45.9 Å². The molecule has 3 heterocycles. The second kappa shape index (κ2) is 10.5. The number of hydrogen-bond donors (Lipinski definition) is 1. The van der Waals surface area contributed by atoms with E-state index in [0.717, 1.165) is 30.5 Å². The minimum Gasteiger partial charge on any atom is -0.376 e. The molecule has 2 fully saturated rings. The molecular weight excluding hydrogens is 546 g/mol. The monoisotopic (exact) mass is 572 g/mol. The Labute approximate surface area is 234 Å². The number of primary amides is 1. The number of fused-ring (bicyclic) bond motifs is 2. The van der Waals surface area contributed by atoms with Crippen molar-refractivity contribution in [2.24, 2.45) is 17.6 Å². The second-order valence-electron chi connectivity index (χ2n) is 10.4. The topological polar surface area (TPSA) is 99.7 Å². The smallest absolute Gasteiger partial charge is 0.376 e. The second-order valence-corrected chi connectivity index (χ2v) is 11.3. The molecule has 204 valence electrons. The highest BCUT2D eigenvalue weighted by Gasteiger charge is 2.49. The summed E-state index contributed by atoms with van der Waals surface area (Å²) in [5.74, 6) is -1.36. The van der Waals surface area contributed by atoms with Gasteiger partial charge in [-0.25, -0.2) is 13.9 Å². The van der Waals surface area contributed by atoms with E-state index in [0.29, 0.717) is 40.9 Å². The van der Waals surface area contributed by atoms with Crippen molar-refractivity contribution in [2.45, 2.75) is 44.2 Å². The van der Waals surface area contributed by atoms with Crippen LogP contribution in [0, 0.1) is 17.7 Å². The van der Waals surface area contributed by atoms with E-state index in [4.69, 9.17) is 38.5 Å². The zero-order chi connectivity index (χ0) is 27.3. The Morgan fingerprint density at radius 2 is 1.95 bits per heavy atom. The summed E-state index contributed by atoms with van der Waals surface area (Å²) in [6, 6.07) is 10.7. The highest BCUT2D eigenvalue weighted by Crippen LogP contribution is 2.43. The van der Waals surface area contributed by atoms with Gasteiger partial charge in [-0.05, 0) is 67.0 Å². The van der Waals surface area contributed by atoms with Gasteiger partial charge < -0.3 is 15.3 Å². The van der Waals surface area contributed by atoms with Crippen LogP contribution in [0.3, 0.4) is 0 Å². The zero-order valence-electron chi connectivity index (χ0n) is 21.0. The van der Waals surface area contributed by atoms with Crippen LogP contribution in [0.1, 0.15) is 52.5 Å². The summed E-state index contributed by atoms with van der Waals surface area (Å²) < 4.78 is 21.1. The first-order chi connectivity index (χ1) is 18.8. The number of carbonyl (C=O) groups excluding carboxylic acids is 2. The van der Waals surface area contributed by atoms with Gasteiger partial charge in [-0.3, -0.25) is 4.79 Å². The maximum Gasteiger partial charge on any atom is 0.378 e. The quantitative estimate of drug-likeness (QED) is 0.454. The third-order valence-corrected chi connectivity index (χ3v) is 8.58. The predicted molar refractivity (Wildman–Crippen MR) is 142 cm³/mol. The lowest BCUT2D eigenvalue weighted by molar-refractivity contribution is -0.149. The fourth-order valence-electron chi connectivity index (χ4n) is 6.33. The lowest BCUT2D eigenvalue weighted by Gasteiger charge is -2.26. The van der Waals surface area contributed by atoms with Crippen molar-refractivity contribution in [1.29, 1.82) is 0 Å². The molecule has 2 aromatic carbocycles. The predicted octanol–water partition coefficient (Wildman–Crippen LogP) is 4.83. The van der Waals surface area contributed by atoms with Crippen LogP contribution in [0.25, 0.3) is 5.69 Å². The van der Waals surface area contributed by atoms with Crippen LogP contribution in [0.2, 0.25) is 10.0 Å². The first-order valence-corrected chi connectivity index (χ1v) is 13.7. The number of aromatic nitrogens is 2. The molecule has 2 aliphatic heterocycles. The Morgan fingerprint density at radius 1 is 1.15 bits per heavy atom. The van der Waals surface area contributed by atoms with Gasteiger partial charge in [0.25, 0.3) is 0 Å². The molecule has 4 atom stereocenters. The molecule has 4 unspecified atom stereocenters. The van der Waals surface area contributed by atoms with Gasteiger partial charge in [0.05, 0.1) is 29.6 Å². The molecule has 6 rings (SSSR count).